The molecule has 0 aliphatic rings. The zero-order valence-corrected chi connectivity index (χ0v) is 9.58. The number of aryl methyl sites for hydroxylation is 1. The molecule has 0 bridgehead atoms. The third kappa shape index (κ3) is 1.28. The summed E-state index contributed by atoms with van der Waals surface area (Å²) in [5, 5.41) is 4.22. The van der Waals surface area contributed by atoms with Crippen LogP contribution in [0.2, 0.25) is 0 Å². The lowest BCUT2D eigenvalue weighted by Gasteiger charge is -2.06. The van der Waals surface area contributed by atoms with Crippen LogP contribution in [0, 0.1) is 0 Å². The van der Waals surface area contributed by atoms with Gasteiger partial charge in [-0.25, -0.2) is 0 Å². The Kier molecular flexibility index (Phi) is 2.41. The summed E-state index contributed by atoms with van der Waals surface area (Å²) in [5.41, 5.74) is 1.79. The van der Waals surface area contributed by atoms with Crippen molar-refractivity contribution in [2.24, 2.45) is 0 Å². The van der Waals surface area contributed by atoms with Gasteiger partial charge in [-0.15, -0.1) is 0 Å². The van der Waals surface area contributed by atoms with E-state index >= 15 is 0 Å². The monoisotopic (exact) mass is 255 g/mol. The fourth-order valence-electron chi connectivity index (χ4n) is 1.44. The van der Waals surface area contributed by atoms with Crippen molar-refractivity contribution < 1.29 is 4.74 Å². The van der Waals surface area contributed by atoms with Crippen LogP contribution in [0.15, 0.2) is 16.9 Å². The highest BCUT2D eigenvalue weighted by Crippen LogP contribution is 2.31. The van der Waals surface area contributed by atoms with Crippen LogP contribution in [0.1, 0.15) is 6.92 Å². The standard InChI is InChI=1S/C9H10BrN3O/c1-3-13-8-7(5-12-13)11-4-6(10)9(8)14-2/h4-5H,3H2,1-2H3. The Morgan fingerprint density at radius 2 is 2.29 bits per heavy atom. The van der Waals surface area contributed by atoms with Crippen molar-refractivity contribution in [2.45, 2.75) is 13.5 Å². The van der Waals surface area contributed by atoms with Gasteiger partial charge in [0.15, 0.2) is 5.75 Å². The quantitative estimate of drug-likeness (QED) is 0.827. The molecule has 0 radical (unpaired) electrons. The number of ether oxygens (including phenoxy) is 1. The van der Waals surface area contributed by atoms with E-state index in [1.807, 2.05) is 11.6 Å². The smallest absolute Gasteiger partial charge is 0.162 e. The van der Waals surface area contributed by atoms with E-state index in [2.05, 4.69) is 26.0 Å². The van der Waals surface area contributed by atoms with E-state index in [-0.39, 0.29) is 0 Å². The summed E-state index contributed by atoms with van der Waals surface area (Å²) >= 11 is 3.40. The van der Waals surface area contributed by atoms with Gasteiger partial charge >= 0.3 is 0 Å². The summed E-state index contributed by atoms with van der Waals surface area (Å²) in [6, 6.07) is 0. The first kappa shape index (κ1) is 9.45. The minimum Gasteiger partial charge on any atom is -0.493 e. The lowest BCUT2D eigenvalue weighted by Crippen LogP contribution is -1.98. The van der Waals surface area contributed by atoms with Crippen molar-refractivity contribution in [3.8, 4) is 5.75 Å². The number of methoxy groups -OCH3 is 1. The molecule has 0 saturated carbocycles. The van der Waals surface area contributed by atoms with Crippen molar-refractivity contribution in [3.63, 3.8) is 0 Å². The van der Waals surface area contributed by atoms with Gasteiger partial charge in [-0.1, -0.05) is 0 Å². The number of hydrogen-bond donors (Lipinski definition) is 0. The number of aromatic nitrogens is 3. The second kappa shape index (κ2) is 3.57. The van der Waals surface area contributed by atoms with Gasteiger partial charge in [0.1, 0.15) is 11.0 Å². The summed E-state index contributed by atoms with van der Waals surface area (Å²) in [5.74, 6) is 0.786. The average molecular weight is 256 g/mol. The molecule has 2 aromatic heterocycles. The van der Waals surface area contributed by atoms with Crippen LogP contribution in [0.3, 0.4) is 0 Å². The predicted octanol–water partition coefficient (Wildman–Crippen LogP) is 2.22. The number of pyridine rings is 1. The van der Waals surface area contributed by atoms with Crippen LogP contribution in [-0.4, -0.2) is 21.9 Å². The number of fused-ring (bicyclic) bond motifs is 1. The summed E-state index contributed by atoms with van der Waals surface area (Å²) in [4.78, 5) is 4.25. The van der Waals surface area contributed by atoms with Gasteiger partial charge in [-0.3, -0.25) is 9.67 Å². The molecule has 14 heavy (non-hydrogen) atoms. The molecule has 0 N–H and O–H groups in total. The van der Waals surface area contributed by atoms with Gasteiger partial charge in [0.2, 0.25) is 0 Å². The Balaban J connectivity index is 2.81. The van der Waals surface area contributed by atoms with Crippen LogP contribution >= 0.6 is 15.9 Å². The van der Waals surface area contributed by atoms with Crippen molar-refractivity contribution in [1.29, 1.82) is 0 Å². The van der Waals surface area contributed by atoms with Crippen molar-refractivity contribution in [1.82, 2.24) is 14.8 Å². The number of rotatable bonds is 2. The van der Waals surface area contributed by atoms with E-state index in [1.165, 1.54) is 0 Å². The zero-order valence-electron chi connectivity index (χ0n) is 7.99. The van der Waals surface area contributed by atoms with Gasteiger partial charge in [0.25, 0.3) is 0 Å². The van der Waals surface area contributed by atoms with Crippen molar-refractivity contribution >= 4 is 27.0 Å². The second-order valence-corrected chi connectivity index (χ2v) is 3.69. The van der Waals surface area contributed by atoms with Crippen molar-refractivity contribution in [3.05, 3.63) is 16.9 Å². The topological polar surface area (TPSA) is 39.9 Å². The van der Waals surface area contributed by atoms with E-state index in [9.17, 15) is 0 Å². The van der Waals surface area contributed by atoms with Crippen LogP contribution in [0.25, 0.3) is 11.0 Å². The fraction of sp³-hybridized carbons (Fsp3) is 0.333. The molecule has 0 aromatic carbocycles. The Morgan fingerprint density at radius 1 is 1.50 bits per heavy atom. The zero-order chi connectivity index (χ0) is 10.1. The predicted molar refractivity (Wildman–Crippen MR) is 57.5 cm³/mol. The lowest BCUT2D eigenvalue weighted by atomic mass is 10.3. The molecule has 0 aliphatic heterocycles. The molecule has 2 heterocycles. The molecule has 2 aromatic rings. The molecule has 0 atom stereocenters. The molecule has 0 aliphatic carbocycles. The molecule has 0 fully saturated rings. The Morgan fingerprint density at radius 3 is 2.93 bits per heavy atom. The first-order chi connectivity index (χ1) is 6.77. The Hall–Kier alpha value is -1.10. The Bertz CT molecular complexity index is 466. The molecule has 0 spiro atoms. The highest BCUT2D eigenvalue weighted by atomic mass is 79.9. The molecular weight excluding hydrogens is 246 g/mol. The number of hydrogen-bond acceptors (Lipinski definition) is 3. The third-order valence-corrected chi connectivity index (χ3v) is 2.64. The summed E-state index contributed by atoms with van der Waals surface area (Å²) in [6.07, 6.45) is 3.47. The molecule has 0 amide bonds. The Labute approximate surface area is 90.0 Å². The maximum atomic E-state index is 5.31. The van der Waals surface area contributed by atoms with Crippen LogP contribution in [0.5, 0.6) is 5.75 Å². The summed E-state index contributed by atoms with van der Waals surface area (Å²) in [7, 11) is 1.65. The van der Waals surface area contributed by atoms with Crippen LogP contribution < -0.4 is 4.74 Å². The van der Waals surface area contributed by atoms with Gasteiger partial charge in [-0.05, 0) is 22.9 Å². The van der Waals surface area contributed by atoms with Gasteiger partial charge in [0, 0.05) is 12.7 Å². The largest absolute Gasteiger partial charge is 0.493 e. The SMILES string of the molecule is CCn1ncc2ncc(Br)c(OC)c21. The summed E-state index contributed by atoms with van der Waals surface area (Å²) in [6.45, 7) is 2.84. The maximum absolute atomic E-state index is 5.31. The molecular formula is C9H10BrN3O. The molecule has 5 heteroatoms. The fourth-order valence-corrected chi connectivity index (χ4v) is 1.89. The molecule has 0 saturated heterocycles. The third-order valence-electron chi connectivity index (χ3n) is 2.07. The van der Waals surface area contributed by atoms with E-state index < -0.39 is 0 Å². The van der Waals surface area contributed by atoms with E-state index in [1.54, 1.807) is 19.5 Å². The summed E-state index contributed by atoms with van der Waals surface area (Å²) < 4.78 is 8.03. The minimum atomic E-state index is 0.786. The molecule has 2 rings (SSSR count). The van der Waals surface area contributed by atoms with Gasteiger partial charge in [0.05, 0.1) is 17.8 Å². The average Bonchev–Trinajstić information content (AvgIpc) is 2.61. The minimum absolute atomic E-state index is 0.786. The first-order valence-corrected chi connectivity index (χ1v) is 5.11. The van der Waals surface area contributed by atoms with E-state index in [0.29, 0.717) is 0 Å². The highest BCUT2D eigenvalue weighted by Gasteiger charge is 2.11. The number of nitrogens with zero attached hydrogens (tertiary/aromatic N) is 3. The molecule has 0 unspecified atom stereocenters. The number of halogens is 1. The molecule has 74 valence electrons. The highest BCUT2D eigenvalue weighted by molar-refractivity contribution is 9.10. The van der Waals surface area contributed by atoms with Gasteiger partial charge in [-0.2, -0.15) is 5.10 Å². The first-order valence-electron chi connectivity index (χ1n) is 4.32. The van der Waals surface area contributed by atoms with Crippen molar-refractivity contribution in [2.75, 3.05) is 7.11 Å². The second-order valence-electron chi connectivity index (χ2n) is 2.83. The maximum Gasteiger partial charge on any atom is 0.162 e. The van der Waals surface area contributed by atoms with Crippen LogP contribution in [0.4, 0.5) is 0 Å². The van der Waals surface area contributed by atoms with Crippen LogP contribution in [-0.2, 0) is 6.54 Å². The normalized spacial score (nSPS) is 10.8. The van der Waals surface area contributed by atoms with E-state index in [4.69, 9.17) is 4.74 Å². The van der Waals surface area contributed by atoms with E-state index in [0.717, 1.165) is 27.8 Å². The lowest BCUT2D eigenvalue weighted by molar-refractivity contribution is 0.413. The van der Waals surface area contributed by atoms with Gasteiger partial charge < -0.3 is 4.74 Å². The molecule has 4 nitrogen and oxygen atoms in total.